The van der Waals surface area contributed by atoms with Gasteiger partial charge in [-0.2, -0.15) is 0 Å². The largest absolute Gasteiger partial charge is 0.497 e. The molecule has 0 radical (unpaired) electrons. The fourth-order valence-corrected chi connectivity index (χ4v) is 3.68. The van der Waals surface area contributed by atoms with Gasteiger partial charge in [0, 0.05) is 51.0 Å². The molecule has 1 aromatic rings. The molecule has 0 bridgehead atoms. The highest BCUT2D eigenvalue weighted by atomic mass is 16.5. The maximum Gasteiger partial charge on any atom is 0.251 e. The van der Waals surface area contributed by atoms with Crippen molar-refractivity contribution in [3.63, 3.8) is 0 Å². The Balaban J connectivity index is 1.62. The summed E-state index contributed by atoms with van der Waals surface area (Å²) in [5.74, 6) is 2.51. The number of piperazine rings is 1. The van der Waals surface area contributed by atoms with Gasteiger partial charge in [0.15, 0.2) is 5.96 Å². The van der Waals surface area contributed by atoms with Gasteiger partial charge in [0.2, 0.25) is 0 Å². The Morgan fingerprint density at radius 2 is 1.97 bits per heavy atom. The summed E-state index contributed by atoms with van der Waals surface area (Å²) in [6.45, 7) is 6.93. The second-order valence-corrected chi connectivity index (χ2v) is 7.16. The number of hydrogen-bond donors (Lipinski definition) is 1. The van der Waals surface area contributed by atoms with Gasteiger partial charge < -0.3 is 29.3 Å². The van der Waals surface area contributed by atoms with E-state index in [9.17, 15) is 4.79 Å². The molecule has 8 heteroatoms. The van der Waals surface area contributed by atoms with Crippen molar-refractivity contribution in [2.45, 2.75) is 32.4 Å². The van der Waals surface area contributed by atoms with Crippen molar-refractivity contribution >= 4 is 11.9 Å². The molecule has 2 aliphatic heterocycles. The maximum absolute atomic E-state index is 12.5. The Kier molecular flexibility index (Phi) is 7.57. The number of rotatable bonds is 6. The van der Waals surface area contributed by atoms with E-state index in [0.29, 0.717) is 26.2 Å². The SMILES string of the molecule is CCNC(=NCc1ccc(OC)cc1OC)N1CCN(C(=O)C2CCCO2)CC1. The molecule has 1 amide bonds. The fraction of sp³-hybridized carbons (Fsp3) is 0.619. The summed E-state index contributed by atoms with van der Waals surface area (Å²) in [6, 6.07) is 5.76. The first-order chi connectivity index (χ1) is 14.2. The summed E-state index contributed by atoms with van der Waals surface area (Å²) in [5.41, 5.74) is 0.996. The standard InChI is InChI=1S/C21H32N4O4/c1-4-22-21(23-15-16-7-8-17(27-2)14-19(16)28-3)25-11-9-24(10-12-25)20(26)18-6-5-13-29-18/h7-8,14,18H,4-6,9-13,15H2,1-3H3,(H,22,23). The zero-order valence-electron chi connectivity index (χ0n) is 17.6. The van der Waals surface area contributed by atoms with Crippen LogP contribution in [0.1, 0.15) is 25.3 Å². The van der Waals surface area contributed by atoms with Gasteiger partial charge >= 0.3 is 0 Å². The molecular weight excluding hydrogens is 372 g/mol. The Morgan fingerprint density at radius 1 is 1.21 bits per heavy atom. The summed E-state index contributed by atoms with van der Waals surface area (Å²) < 4.78 is 16.3. The molecule has 0 spiro atoms. The van der Waals surface area contributed by atoms with Gasteiger partial charge in [-0.1, -0.05) is 0 Å². The van der Waals surface area contributed by atoms with E-state index >= 15 is 0 Å². The molecule has 0 saturated carbocycles. The number of nitrogens with zero attached hydrogens (tertiary/aromatic N) is 3. The van der Waals surface area contributed by atoms with Crippen LogP contribution in [0, 0.1) is 0 Å². The number of carbonyl (C=O) groups excluding carboxylic acids is 1. The molecule has 2 aliphatic rings. The second kappa shape index (κ2) is 10.3. The van der Waals surface area contributed by atoms with Crippen LogP contribution in [0.2, 0.25) is 0 Å². The molecule has 1 unspecified atom stereocenters. The van der Waals surface area contributed by atoms with Crippen LogP contribution in [-0.4, -0.2) is 81.3 Å². The quantitative estimate of drug-likeness (QED) is 0.572. The zero-order chi connectivity index (χ0) is 20.6. The highest BCUT2D eigenvalue weighted by molar-refractivity contribution is 5.83. The highest BCUT2D eigenvalue weighted by Gasteiger charge is 2.30. The van der Waals surface area contributed by atoms with Gasteiger partial charge in [0.1, 0.15) is 17.6 Å². The summed E-state index contributed by atoms with van der Waals surface area (Å²) in [7, 11) is 3.29. The number of ether oxygens (including phenoxy) is 3. The van der Waals surface area contributed by atoms with Crippen molar-refractivity contribution in [3.05, 3.63) is 23.8 Å². The number of guanidine groups is 1. The molecule has 2 saturated heterocycles. The number of benzene rings is 1. The molecule has 1 aromatic carbocycles. The predicted octanol–water partition coefficient (Wildman–Crippen LogP) is 1.49. The Hall–Kier alpha value is -2.48. The molecule has 0 aliphatic carbocycles. The zero-order valence-corrected chi connectivity index (χ0v) is 17.6. The van der Waals surface area contributed by atoms with Gasteiger partial charge in [-0.3, -0.25) is 4.79 Å². The van der Waals surface area contributed by atoms with E-state index in [4.69, 9.17) is 19.2 Å². The van der Waals surface area contributed by atoms with E-state index in [1.54, 1.807) is 14.2 Å². The van der Waals surface area contributed by atoms with E-state index in [-0.39, 0.29) is 12.0 Å². The molecule has 160 valence electrons. The van der Waals surface area contributed by atoms with Gasteiger partial charge in [0.25, 0.3) is 5.91 Å². The monoisotopic (exact) mass is 404 g/mol. The Bertz CT molecular complexity index is 711. The minimum absolute atomic E-state index is 0.132. The Morgan fingerprint density at radius 3 is 2.59 bits per heavy atom. The first kappa shape index (κ1) is 21.2. The molecule has 29 heavy (non-hydrogen) atoms. The first-order valence-corrected chi connectivity index (χ1v) is 10.3. The van der Waals surface area contributed by atoms with Crippen molar-refractivity contribution in [2.75, 3.05) is 53.6 Å². The molecule has 3 rings (SSSR count). The van der Waals surface area contributed by atoms with Crippen LogP contribution in [0.15, 0.2) is 23.2 Å². The summed E-state index contributed by atoms with van der Waals surface area (Å²) >= 11 is 0. The lowest BCUT2D eigenvalue weighted by molar-refractivity contribution is -0.142. The number of methoxy groups -OCH3 is 2. The average Bonchev–Trinajstić information content (AvgIpc) is 3.31. The van der Waals surface area contributed by atoms with E-state index in [1.807, 2.05) is 23.1 Å². The van der Waals surface area contributed by atoms with E-state index in [1.165, 1.54) is 0 Å². The normalized spacial score (nSPS) is 20.0. The fourth-order valence-electron chi connectivity index (χ4n) is 3.68. The van der Waals surface area contributed by atoms with Crippen molar-refractivity contribution in [2.24, 2.45) is 4.99 Å². The summed E-state index contributed by atoms with van der Waals surface area (Å²) in [5, 5.41) is 3.36. The van der Waals surface area contributed by atoms with Crippen LogP contribution in [0.25, 0.3) is 0 Å². The van der Waals surface area contributed by atoms with Crippen LogP contribution in [0.4, 0.5) is 0 Å². The molecule has 1 N–H and O–H groups in total. The van der Waals surface area contributed by atoms with Crippen molar-refractivity contribution in [1.29, 1.82) is 0 Å². The highest BCUT2D eigenvalue weighted by Crippen LogP contribution is 2.25. The Labute approximate surface area is 172 Å². The third kappa shape index (κ3) is 5.32. The molecular formula is C21H32N4O4. The third-order valence-corrected chi connectivity index (χ3v) is 5.32. The van der Waals surface area contributed by atoms with Gasteiger partial charge in [-0.25, -0.2) is 4.99 Å². The molecule has 1 atom stereocenters. The minimum Gasteiger partial charge on any atom is -0.497 e. The van der Waals surface area contributed by atoms with Crippen molar-refractivity contribution in [3.8, 4) is 11.5 Å². The van der Waals surface area contributed by atoms with Crippen LogP contribution >= 0.6 is 0 Å². The van der Waals surface area contributed by atoms with Crippen LogP contribution in [0.5, 0.6) is 11.5 Å². The maximum atomic E-state index is 12.5. The van der Waals surface area contributed by atoms with Crippen LogP contribution in [-0.2, 0) is 16.1 Å². The molecule has 0 aromatic heterocycles. The van der Waals surface area contributed by atoms with Crippen molar-refractivity contribution in [1.82, 2.24) is 15.1 Å². The topological polar surface area (TPSA) is 75.6 Å². The lowest BCUT2D eigenvalue weighted by atomic mass is 10.2. The van der Waals surface area contributed by atoms with Crippen LogP contribution < -0.4 is 14.8 Å². The van der Waals surface area contributed by atoms with E-state index in [2.05, 4.69) is 17.1 Å². The molecule has 2 fully saturated rings. The first-order valence-electron chi connectivity index (χ1n) is 10.3. The smallest absolute Gasteiger partial charge is 0.251 e. The summed E-state index contributed by atoms with van der Waals surface area (Å²) in [6.07, 6.45) is 1.57. The van der Waals surface area contributed by atoms with Crippen molar-refractivity contribution < 1.29 is 19.0 Å². The molecule has 2 heterocycles. The number of carbonyl (C=O) groups is 1. The lowest BCUT2D eigenvalue weighted by Crippen LogP contribution is -2.55. The predicted molar refractivity (Wildman–Crippen MR) is 111 cm³/mol. The number of aliphatic imine (C=N–C) groups is 1. The van der Waals surface area contributed by atoms with Gasteiger partial charge in [-0.15, -0.1) is 0 Å². The number of amides is 1. The molecule has 8 nitrogen and oxygen atoms in total. The second-order valence-electron chi connectivity index (χ2n) is 7.16. The number of nitrogens with one attached hydrogen (secondary N) is 1. The van der Waals surface area contributed by atoms with E-state index < -0.39 is 0 Å². The van der Waals surface area contributed by atoms with Crippen LogP contribution in [0.3, 0.4) is 0 Å². The van der Waals surface area contributed by atoms with E-state index in [0.717, 1.165) is 55.5 Å². The number of hydrogen-bond acceptors (Lipinski definition) is 5. The minimum atomic E-state index is -0.244. The average molecular weight is 405 g/mol. The van der Waals surface area contributed by atoms with Gasteiger partial charge in [0.05, 0.1) is 20.8 Å². The summed E-state index contributed by atoms with van der Waals surface area (Å²) in [4.78, 5) is 21.5. The van der Waals surface area contributed by atoms with Gasteiger partial charge in [-0.05, 0) is 31.9 Å². The lowest BCUT2D eigenvalue weighted by Gasteiger charge is -2.37. The third-order valence-electron chi connectivity index (χ3n) is 5.32.